The second-order valence-electron chi connectivity index (χ2n) is 32.0. The Morgan fingerprint density at radius 3 is 1.31 bits per heavy atom. The van der Waals surface area contributed by atoms with Crippen molar-refractivity contribution in [1.29, 1.82) is 0 Å². The van der Waals surface area contributed by atoms with Crippen molar-refractivity contribution in [3.63, 3.8) is 0 Å². The fourth-order valence-corrected chi connectivity index (χ4v) is 20.4. The van der Waals surface area contributed by atoms with Gasteiger partial charge in [-0.15, -0.1) is 0 Å². The number of hydrogen-bond acceptors (Lipinski definition) is 18. The second kappa shape index (κ2) is 31.5. The zero-order valence-electron chi connectivity index (χ0n) is 62.1. The third-order valence-corrected chi connectivity index (χ3v) is 25.9. The van der Waals surface area contributed by atoms with Crippen molar-refractivity contribution >= 4 is 41.8 Å². The van der Waals surface area contributed by atoms with Crippen molar-refractivity contribution in [3.05, 3.63) is 263 Å². The maximum Gasteiger partial charge on any atom is 0.338 e. The Bertz CT molecular complexity index is 4350. The average Bonchev–Trinajstić information content (AvgIpc) is 1.02. The standard InChI is InChI=1S/C90H96O18/c1-56(2)64-45-50-90(55-100-85-76(108-83(97)63-41-27-14-28-42-63)74(106-81(95)61-37-23-12-24-38-61)72(104-79(93)59-33-19-10-20-34-59)67(102-85)53-98-77(91)57-29-15-8-16-30-57)52-51-88(6)65(71(64)90)43-44-69-87(5)48-47-70(86(3,4)68(87)46-49-89(69,88)7)103-84-75(107-82(96)62-39-25-13-26-40-62)73(105-80(94)60-35-21-11-22-36-60)66(54-99-84)101-78(92)58-31-17-9-18-32-58/h8-42,64-76,84-85H,1,43-55H2,2-7H3/t64-,65+,66-,67+,68-,69+,70-,71+,72+,73-,74-,75+,76+,84-,85+,87-,88+,89+,90+/m0/s1. The minimum Gasteiger partial charge on any atom is -0.459 e. The van der Waals surface area contributed by atoms with Crippen molar-refractivity contribution in [2.75, 3.05) is 19.8 Å². The molecule has 0 spiro atoms. The molecule has 19 atom stereocenters. The van der Waals surface area contributed by atoms with E-state index in [1.165, 1.54) is 0 Å². The van der Waals surface area contributed by atoms with E-state index >= 15 is 0 Å². The van der Waals surface area contributed by atoms with Crippen LogP contribution in [-0.2, 0) is 52.1 Å². The van der Waals surface area contributed by atoms with Crippen molar-refractivity contribution in [2.45, 2.75) is 167 Å². The zero-order valence-corrected chi connectivity index (χ0v) is 62.1. The molecule has 0 aromatic heterocycles. The topological polar surface area (TPSA) is 221 Å². The van der Waals surface area contributed by atoms with Crippen LogP contribution in [0.4, 0.5) is 0 Å². The predicted octanol–water partition coefficient (Wildman–Crippen LogP) is 16.3. The number of hydrogen-bond donors (Lipinski definition) is 0. The summed E-state index contributed by atoms with van der Waals surface area (Å²) in [5.74, 6) is -4.12. The van der Waals surface area contributed by atoms with Gasteiger partial charge >= 0.3 is 41.8 Å². The molecule has 7 aromatic carbocycles. The molecule has 2 saturated heterocycles. The molecule has 5 aliphatic carbocycles. The first kappa shape index (κ1) is 75.2. The lowest BCUT2D eigenvalue weighted by Gasteiger charge is -2.73. The van der Waals surface area contributed by atoms with E-state index < -0.39 is 121 Å². The van der Waals surface area contributed by atoms with Crippen LogP contribution in [0, 0.1) is 56.7 Å². The van der Waals surface area contributed by atoms with Crippen LogP contribution in [0.1, 0.15) is 178 Å². The predicted molar refractivity (Wildman–Crippen MR) is 399 cm³/mol. The number of carbonyl (C=O) groups excluding carboxylic acids is 7. The molecule has 0 N–H and O–H groups in total. The molecule has 2 heterocycles. The van der Waals surface area contributed by atoms with E-state index in [9.17, 15) is 33.6 Å². The van der Waals surface area contributed by atoms with Crippen LogP contribution in [0.15, 0.2) is 224 Å². The highest BCUT2D eigenvalue weighted by Gasteiger charge is 2.72. The molecule has 18 heteroatoms. The van der Waals surface area contributed by atoms with Crippen LogP contribution in [0.5, 0.6) is 0 Å². The van der Waals surface area contributed by atoms with Crippen LogP contribution in [0.2, 0.25) is 0 Å². The van der Waals surface area contributed by atoms with E-state index in [0.717, 1.165) is 63.4 Å². The molecule has 7 fully saturated rings. The molecule has 0 unspecified atom stereocenters. The van der Waals surface area contributed by atoms with Gasteiger partial charge in [0.05, 0.1) is 58.3 Å². The number of allylic oxidation sites excluding steroid dienone is 1. The molecule has 5 saturated carbocycles. The van der Waals surface area contributed by atoms with Gasteiger partial charge < -0.3 is 52.1 Å². The molecular formula is C90H96O18. The van der Waals surface area contributed by atoms with E-state index in [1.54, 1.807) is 212 Å². The first-order valence-electron chi connectivity index (χ1n) is 38.1. The molecular weight excluding hydrogens is 1370 g/mol. The fraction of sp³-hybridized carbons (Fsp3) is 0.433. The molecule has 2 aliphatic heterocycles. The maximum absolute atomic E-state index is 14.7. The summed E-state index contributed by atoms with van der Waals surface area (Å²) in [6.45, 7) is 18.5. The summed E-state index contributed by atoms with van der Waals surface area (Å²) in [6, 6.07) is 59.1. The van der Waals surface area contributed by atoms with Crippen LogP contribution in [0.25, 0.3) is 0 Å². The third-order valence-electron chi connectivity index (χ3n) is 25.9. The molecule has 7 aliphatic rings. The lowest BCUT2D eigenvalue weighted by Crippen LogP contribution is -2.67. The van der Waals surface area contributed by atoms with Gasteiger partial charge in [0.25, 0.3) is 0 Å². The number of ether oxygens (including phenoxy) is 11. The van der Waals surface area contributed by atoms with Crippen molar-refractivity contribution in [1.82, 2.24) is 0 Å². The van der Waals surface area contributed by atoms with Crippen molar-refractivity contribution in [3.8, 4) is 0 Å². The lowest BCUT2D eigenvalue weighted by molar-refractivity contribution is -0.314. The quantitative estimate of drug-likeness (QED) is 0.0282. The van der Waals surface area contributed by atoms with E-state index in [1.807, 2.05) is 0 Å². The molecule has 7 aromatic rings. The summed E-state index contributed by atoms with van der Waals surface area (Å²) in [4.78, 5) is 100. The number of benzene rings is 7. The Labute approximate surface area is 631 Å². The van der Waals surface area contributed by atoms with Gasteiger partial charge in [0, 0.05) is 0 Å². The average molecular weight is 1470 g/mol. The van der Waals surface area contributed by atoms with Gasteiger partial charge in [-0.2, -0.15) is 0 Å². The molecule has 564 valence electrons. The largest absolute Gasteiger partial charge is 0.459 e. The molecule has 18 nitrogen and oxygen atoms in total. The van der Waals surface area contributed by atoms with Gasteiger partial charge in [-0.3, -0.25) is 0 Å². The molecule has 0 radical (unpaired) electrons. The lowest BCUT2D eigenvalue weighted by atomic mass is 9.32. The highest BCUT2D eigenvalue weighted by molar-refractivity contribution is 5.93. The van der Waals surface area contributed by atoms with E-state index in [-0.39, 0.29) is 92.1 Å². The Morgan fingerprint density at radius 1 is 0.417 bits per heavy atom. The Morgan fingerprint density at radius 2 is 0.843 bits per heavy atom. The van der Waals surface area contributed by atoms with Crippen molar-refractivity contribution in [2.24, 2.45) is 56.7 Å². The highest BCUT2D eigenvalue weighted by Crippen LogP contribution is 2.78. The van der Waals surface area contributed by atoms with Crippen LogP contribution < -0.4 is 0 Å². The summed E-state index contributed by atoms with van der Waals surface area (Å²) in [5.41, 5.74) is 1.41. The number of esters is 7. The Hall–Kier alpha value is -9.59. The molecule has 0 bridgehead atoms. The van der Waals surface area contributed by atoms with Crippen molar-refractivity contribution < 1.29 is 85.7 Å². The van der Waals surface area contributed by atoms with Gasteiger partial charge in [0.15, 0.2) is 49.2 Å². The normalized spacial score (nSPS) is 32.3. The number of rotatable bonds is 21. The SMILES string of the molecule is C=C(C)[C@@H]1CC[C@]2(CO[C@@H]3O[C@H](COC(=O)c4ccccc4)[C@@H](OC(=O)c4ccccc4)[C@H](OC(=O)c4ccccc4)[C@H]3OC(=O)c3ccccc3)CC[C@]3(C)[C@H](CC[C@@H]4[C@@]5(C)CC[C@H](O[C@@H]6OC[C@H](OC(=O)c7ccccc7)[C@H](OC(=O)c7ccccc7)[C@H]6OC(=O)c6ccccc6)C(C)(C)[C@@H]5CC[C@]43C)[C@@H]12. The molecule has 0 amide bonds. The van der Waals surface area contributed by atoms with Gasteiger partial charge in [0.2, 0.25) is 0 Å². The summed E-state index contributed by atoms with van der Waals surface area (Å²) in [5, 5.41) is 0. The highest BCUT2D eigenvalue weighted by atomic mass is 16.7. The summed E-state index contributed by atoms with van der Waals surface area (Å²) >= 11 is 0. The minimum atomic E-state index is -1.58. The van der Waals surface area contributed by atoms with Crippen LogP contribution >= 0.6 is 0 Å². The van der Waals surface area contributed by atoms with E-state index in [0.29, 0.717) is 12.3 Å². The van der Waals surface area contributed by atoms with Gasteiger partial charge in [0.1, 0.15) is 12.7 Å². The fourth-order valence-electron chi connectivity index (χ4n) is 20.4. The van der Waals surface area contributed by atoms with E-state index in [2.05, 4.69) is 41.5 Å². The summed E-state index contributed by atoms with van der Waals surface area (Å²) in [6.07, 6.45) is -4.35. The van der Waals surface area contributed by atoms with E-state index in [4.69, 9.17) is 58.7 Å². The Kier molecular flexibility index (Phi) is 22.0. The summed E-state index contributed by atoms with van der Waals surface area (Å²) in [7, 11) is 0. The number of carbonyl (C=O) groups is 7. The summed E-state index contributed by atoms with van der Waals surface area (Å²) < 4.78 is 72.7. The van der Waals surface area contributed by atoms with Gasteiger partial charge in [-0.05, 0) is 213 Å². The molecule has 108 heavy (non-hydrogen) atoms. The van der Waals surface area contributed by atoms with Gasteiger partial charge in [-0.25, -0.2) is 33.6 Å². The van der Waals surface area contributed by atoms with Crippen LogP contribution in [0.3, 0.4) is 0 Å². The van der Waals surface area contributed by atoms with Crippen LogP contribution in [-0.4, -0.2) is 123 Å². The smallest absolute Gasteiger partial charge is 0.338 e. The maximum atomic E-state index is 14.7. The first-order valence-corrected chi connectivity index (χ1v) is 38.1. The number of fused-ring (bicyclic) bond motifs is 7. The monoisotopic (exact) mass is 1460 g/mol. The van der Waals surface area contributed by atoms with Gasteiger partial charge in [-0.1, -0.05) is 174 Å². The zero-order chi connectivity index (χ0) is 75.5. The first-order chi connectivity index (χ1) is 52.1. The second-order valence-corrected chi connectivity index (χ2v) is 32.0. The third kappa shape index (κ3) is 14.8. The Balaban J connectivity index is 0.747. The molecule has 14 rings (SSSR count). The minimum absolute atomic E-state index is 0.108.